The third kappa shape index (κ3) is 2.68. The molecule has 0 fully saturated rings. The van der Waals surface area contributed by atoms with Gasteiger partial charge in [0.25, 0.3) is 0 Å². The van der Waals surface area contributed by atoms with E-state index >= 15 is 0 Å². The Hall–Kier alpha value is -3.16. The molecule has 0 heterocycles. The highest BCUT2D eigenvalue weighted by Crippen LogP contribution is 2.33. The Morgan fingerprint density at radius 2 is 1.15 bits per heavy atom. The molecule has 0 spiro atoms. The van der Waals surface area contributed by atoms with Crippen molar-refractivity contribution in [1.82, 2.24) is 0 Å². The second-order valence-electron chi connectivity index (χ2n) is 7.07. The Balaban J connectivity index is 1.70. The summed E-state index contributed by atoms with van der Waals surface area (Å²) in [6.07, 6.45) is 0. The van der Waals surface area contributed by atoms with Crippen LogP contribution in [0.3, 0.4) is 0 Å². The molecule has 5 aromatic carbocycles. The van der Waals surface area contributed by atoms with Crippen LogP contribution in [0, 0.1) is 0 Å². The van der Waals surface area contributed by atoms with Crippen molar-refractivity contribution in [1.29, 1.82) is 0 Å². The highest BCUT2D eigenvalue weighted by atomic mass is 16.3. The van der Waals surface area contributed by atoms with Crippen molar-refractivity contribution < 1.29 is 5.11 Å². The van der Waals surface area contributed by atoms with Crippen molar-refractivity contribution in [2.45, 2.75) is 5.92 Å². The first-order valence-corrected chi connectivity index (χ1v) is 9.35. The van der Waals surface area contributed by atoms with E-state index in [0.29, 0.717) is 0 Å². The molecule has 5 rings (SSSR count). The summed E-state index contributed by atoms with van der Waals surface area (Å²) in [4.78, 5) is 0. The van der Waals surface area contributed by atoms with Crippen LogP contribution in [-0.2, 0) is 0 Å². The maximum atomic E-state index is 10.00. The molecule has 0 saturated carbocycles. The third-order valence-electron chi connectivity index (χ3n) is 5.55. The molecule has 130 valence electrons. The summed E-state index contributed by atoms with van der Waals surface area (Å²) in [5.74, 6) is 0.00269. The number of benzene rings is 5. The van der Waals surface area contributed by atoms with Crippen molar-refractivity contribution in [3.63, 3.8) is 0 Å². The minimum Gasteiger partial charge on any atom is -0.395 e. The topological polar surface area (TPSA) is 20.2 Å². The van der Waals surface area contributed by atoms with Crippen LogP contribution in [0.1, 0.15) is 17.0 Å². The van der Waals surface area contributed by atoms with E-state index in [1.54, 1.807) is 0 Å². The van der Waals surface area contributed by atoms with E-state index in [1.165, 1.54) is 32.3 Å². The maximum Gasteiger partial charge on any atom is 0.0540 e. The molecule has 0 bridgehead atoms. The highest BCUT2D eigenvalue weighted by molar-refractivity contribution is 6.17. The Morgan fingerprint density at radius 1 is 0.519 bits per heavy atom. The Kier molecular flexibility index (Phi) is 3.88. The summed E-state index contributed by atoms with van der Waals surface area (Å²) in [5, 5.41) is 17.6. The van der Waals surface area contributed by atoms with Gasteiger partial charge in [0.1, 0.15) is 0 Å². The number of fused-ring (bicyclic) bond motifs is 5. The summed E-state index contributed by atoms with van der Waals surface area (Å²) in [7, 11) is 0. The fraction of sp³-hybridized carbons (Fsp3) is 0.0769. The number of aliphatic hydroxyl groups excluding tert-OH is 1. The molecule has 0 aliphatic carbocycles. The normalized spacial score (nSPS) is 12.6. The lowest BCUT2D eigenvalue weighted by atomic mass is 9.89. The van der Waals surface area contributed by atoms with Gasteiger partial charge in [0, 0.05) is 5.92 Å². The van der Waals surface area contributed by atoms with Crippen molar-refractivity contribution in [2.24, 2.45) is 0 Å². The van der Waals surface area contributed by atoms with Crippen LogP contribution >= 0.6 is 0 Å². The molecule has 0 aliphatic rings. The molecule has 1 nitrogen and oxygen atoms in total. The molecule has 0 radical (unpaired) electrons. The molecule has 0 aromatic heterocycles. The molecular formula is C26H20O. The van der Waals surface area contributed by atoms with E-state index in [2.05, 4.69) is 78.9 Å². The number of aliphatic hydroxyl groups is 1. The van der Waals surface area contributed by atoms with Crippen LogP contribution in [-0.4, -0.2) is 11.7 Å². The predicted octanol–water partition coefficient (Wildman–Crippen LogP) is 6.27. The molecule has 0 amide bonds. The van der Waals surface area contributed by atoms with Gasteiger partial charge in [0.15, 0.2) is 0 Å². The van der Waals surface area contributed by atoms with E-state index < -0.39 is 0 Å². The zero-order chi connectivity index (χ0) is 18.2. The lowest BCUT2D eigenvalue weighted by Gasteiger charge is -2.16. The van der Waals surface area contributed by atoms with E-state index in [9.17, 15) is 5.11 Å². The number of hydrogen-bond acceptors (Lipinski definition) is 1. The Morgan fingerprint density at radius 3 is 1.93 bits per heavy atom. The maximum absolute atomic E-state index is 10.00. The van der Waals surface area contributed by atoms with E-state index in [4.69, 9.17) is 0 Å². The van der Waals surface area contributed by atoms with Gasteiger partial charge in [-0.05, 0) is 43.4 Å². The molecule has 0 saturated heterocycles. The fourth-order valence-electron chi connectivity index (χ4n) is 4.15. The fourth-order valence-corrected chi connectivity index (χ4v) is 4.15. The van der Waals surface area contributed by atoms with Crippen LogP contribution in [0.15, 0.2) is 97.1 Å². The number of hydrogen-bond donors (Lipinski definition) is 1. The molecule has 0 aliphatic heterocycles. The summed E-state index contributed by atoms with van der Waals surface area (Å²) >= 11 is 0. The number of rotatable bonds is 3. The van der Waals surface area contributed by atoms with E-state index in [1.807, 2.05) is 18.2 Å². The summed E-state index contributed by atoms with van der Waals surface area (Å²) in [6.45, 7) is 0.105. The molecule has 5 aromatic rings. The monoisotopic (exact) mass is 348 g/mol. The predicted molar refractivity (Wildman–Crippen MR) is 114 cm³/mol. The standard InChI is InChI=1S/C26H20O/c27-17-26(18-6-2-1-3-7-18)21-11-13-23-20(16-21)12-15-24-22-9-5-4-8-19(22)10-14-25(23)24/h1-16,26-27H,17H2. The third-order valence-corrected chi connectivity index (χ3v) is 5.55. The molecule has 27 heavy (non-hydrogen) atoms. The first kappa shape index (κ1) is 16.0. The van der Waals surface area contributed by atoms with Crippen molar-refractivity contribution in [2.75, 3.05) is 6.61 Å². The summed E-state index contributed by atoms with van der Waals surface area (Å²) in [5.41, 5.74) is 2.29. The van der Waals surface area contributed by atoms with Gasteiger partial charge >= 0.3 is 0 Å². The Bertz CT molecular complexity index is 1250. The largest absolute Gasteiger partial charge is 0.395 e. The van der Waals surface area contributed by atoms with Crippen LogP contribution in [0.25, 0.3) is 32.3 Å². The first-order chi connectivity index (χ1) is 13.3. The van der Waals surface area contributed by atoms with Gasteiger partial charge in [-0.1, -0.05) is 97.1 Å². The van der Waals surface area contributed by atoms with Crippen molar-refractivity contribution in [3.05, 3.63) is 108 Å². The van der Waals surface area contributed by atoms with Gasteiger partial charge in [-0.3, -0.25) is 0 Å². The van der Waals surface area contributed by atoms with Crippen molar-refractivity contribution >= 4 is 32.3 Å². The zero-order valence-electron chi connectivity index (χ0n) is 15.0. The van der Waals surface area contributed by atoms with Gasteiger partial charge in [0.2, 0.25) is 0 Å². The molecule has 1 unspecified atom stereocenters. The lowest BCUT2D eigenvalue weighted by molar-refractivity contribution is 0.280. The molecule has 1 atom stereocenters. The zero-order valence-corrected chi connectivity index (χ0v) is 15.0. The molecular weight excluding hydrogens is 328 g/mol. The van der Waals surface area contributed by atoms with Gasteiger partial charge in [-0.25, -0.2) is 0 Å². The SMILES string of the molecule is OCC(c1ccccc1)c1ccc2c(ccc3c4ccccc4ccc23)c1. The van der Waals surface area contributed by atoms with E-state index in [0.717, 1.165) is 11.1 Å². The van der Waals surface area contributed by atoms with Crippen LogP contribution < -0.4 is 0 Å². The minimum atomic E-state index is 0.00269. The quantitative estimate of drug-likeness (QED) is 0.381. The average Bonchev–Trinajstić information content (AvgIpc) is 2.74. The van der Waals surface area contributed by atoms with Gasteiger partial charge in [-0.2, -0.15) is 0 Å². The van der Waals surface area contributed by atoms with Gasteiger partial charge in [0.05, 0.1) is 6.61 Å². The second kappa shape index (κ2) is 6.53. The molecule has 1 heteroatoms. The van der Waals surface area contributed by atoms with Crippen LogP contribution in [0.5, 0.6) is 0 Å². The lowest BCUT2D eigenvalue weighted by Crippen LogP contribution is -2.05. The summed E-state index contributed by atoms with van der Waals surface area (Å²) in [6, 6.07) is 34.2. The second-order valence-corrected chi connectivity index (χ2v) is 7.07. The van der Waals surface area contributed by atoms with Crippen LogP contribution in [0.4, 0.5) is 0 Å². The Labute approximate surface area is 158 Å². The summed E-state index contributed by atoms with van der Waals surface area (Å²) < 4.78 is 0. The smallest absolute Gasteiger partial charge is 0.0540 e. The highest BCUT2D eigenvalue weighted by Gasteiger charge is 2.14. The first-order valence-electron chi connectivity index (χ1n) is 9.35. The van der Waals surface area contributed by atoms with Crippen LogP contribution in [0.2, 0.25) is 0 Å². The molecule has 1 N–H and O–H groups in total. The van der Waals surface area contributed by atoms with Gasteiger partial charge < -0.3 is 5.11 Å². The average molecular weight is 348 g/mol. The van der Waals surface area contributed by atoms with Crippen molar-refractivity contribution in [3.8, 4) is 0 Å². The van der Waals surface area contributed by atoms with E-state index in [-0.39, 0.29) is 12.5 Å². The van der Waals surface area contributed by atoms with Gasteiger partial charge in [-0.15, -0.1) is 0 Å². The minimum absolute atomic E-state index is 0.00269.